The lowest BCUT2D eigenvalue weighted by Gasteiger charge is -2.37. The van der Waals surface area contributed by atoms with Crippen molar-refractivity contribution >= 4 is 10.0 Å². The van der Waals surface area contributed by atoms with Gasteiger partial charge in [0.2, 0.25) is 10.0 Å². The Morgan fingerprint density at radius 3 is 2.43 bits per heavy atom. The number of nitrogens with zero attached hydrogens (tertiary/aromatic N) is 1. The van der Waals surface area contributed by atoms with E-state index >= 15 is 0 Å². The van der Waals surface area contributed by atoms with Gasteiger partial charge in [0.15, 0.2) is 0 Å². The fraction of sp³-hybridized carbons (Fsp3) is 1.00. The molecule has 2 unspecified atom stereocenters. The van der Waals surface area contributed by atoms with E-state index in [4.69, 9.17) is 0 Å². The summed E-state index contributed by atoms with van der Waals surface area (Å²) in [4.78, 5) is 0. The first kappa shape index (κ1) is 17.2. The fourth-order valence-electron chi connectivity index (χ4n) is 3.26. The molecule has 0 spiro atoms. The smallest absolute Gasteiger partial charge is 0.211 e. The van der Waals surface area contributed by atoms with Crippen LogP contribution < -0.4 is 5.32 Å². The lowest BCUT2D eigenvalue weighted by Crippen LogP contribution is -2.42. The predicted octanol–water partition coefficient (Wildman–Crippen LogP) is 2.46. The van der Waals surface area contributed by atoms with E-state index in [0.29, 0.717) is 18.4 Å². The summed E-state index contributed by atoms with van der Waals surface area (Å²) in [6, 6.07) is 0.744. The van der Waals surface area contributed by atoms with Crippen LogP contribution in [-0.4, -0.2) is 44.7 Å². The van der Waals surface area contributed by atoms with Gasteiger partial charge in [0.25, 0.3) is 0 Å². The van der Waals surface area contributed by atoms with E-state index < -0.39 is 10.0 Å². The van der Waals surface area contributed by atoms with Crippen molar-refractivity contribution in [3.63, 3.8) is 0 Å². The van der Waals surface area contributed by atoms with E-state index in [-0.39, 0.29) is 5.41 Å². The summed E-state index contributed by atoms with van der Waals surface area (Å²) < 4.78 is 25.2. The summed E-state index contributed by atoms with van der Waals surface area (Å²) in [6.07, 6.45) is 7.29. The number of rotatable bonds is 6. The molecule has 1 saturated carbocycles. The normalized spacial score (nSPS) is 26.8. The molecule has 0 aromatic heterocycles. The monoisotopic (exact) mass is 316 g/mol. The molecule has 0 radical (unpaired) electrons. The van der Waals surface area contributed by atoms with Crippen molar-refractivity contribution in [3.05, 3.63) is 0 Å². The maximum Gasteiger partial charge on any atom is 0.211 e. The first-order valence-corrected chi connectivity index (χ1v) is 10.2. The predicted molar refractivity (Wildman–Crippen MR) is 87.7 cm³/mol. The first-order chi connectivity index (χ1) is 9.66. The van der Waals surface area contributed by atoms with Crippen molar-refractivity contribution in [2.75, 3.05) is 25.9 Å². The van der Waals surface area contributed by atoms with E-state index in [1.807, 2.05) is 0 Å². The second kappa shape index (κ2) is 6.55. The second-order valence-electron chi connectivity index (χ2n) is 8.11. The van der Waals surface area contributed by atoms with Crippen LogP contribution in [-0.2, 0) is 10.0 Å². The average molecular weight is 317 g/mol. The summed E-state index contributed by atoms with van der Waals surface area (Å²) in [6.45, 7) is 9.42. The maximum atomic E-state index is 11.8. The van der Waals surface area contributed by atoms with E-state index in [9.17, 15) is 8.42 Å². The Labute approximate surface area is 130 Å². The first-order valence-electron chi connectivity index (χ1n) is 8.35. The molecule has 1 aliphatic heterocycles. The molecule has 4 nitrogen and oxygen atoms in total. The molecule has 124 valence electrons. The number of nitrogens with one attached hydrogen (secondary N) is 1. The summed E-state index contributed by atoms with van der Waals surface area (Å²) in [5.74, 6) is 1.13. The number of hydrogen-bond acceptors (Lipinski definition) is 3. The third-order valence-electron chi connectivity index (χ3n) is 5.02. The van der Waals surface area contributed by atoms with Crippen LogP contribution in [0.4, 0.5) is 0 Å². The van der Waals surface area contributed by atoms with Crippen LogP contribution in [0.15, 0.2) is 0 Å². The molecule has 0 aromatic rings. The van der Waals surface area contributed by atoms with E-state index in [0.717, 1.165) is 32.0 Å². The second-order valence-corrected chi connectivity index (χ2v) is 10.1. The lowest BCUT2D eigenvalue weighted by molar-refractivity contribution is 0.156. The van der Waals surface area contributed by atoms with Gasteiger partial charge in [0, 0.05) is 19.1 Å². The van der Waals surface area contributed by atoms with Crippen molar-refractivity contribution in [1.29, 1.82) is 0 Å². The van der Waals surface area contributed by atoms with Gasteiger partial charge >= 0.3 is 0 Å². The van der Waals surface area contributed by atoms with Gasteiger partial charge in [-0.1, -0.05) is 20.8 Å². The van der Waals surface area contributed by atoms with Crippen LogP contribution in [0.3, 0.4) is 0 Å². The molecular weight excluding hydrogens is 284 g/mol. The fourth-order valence-corrected chi connectivity index (χ4v) is 4.20. The van der Waals surface area contributed by atoms with Gasteiger partial charge in [-0.15, -0.1) is 0 Å². The zero-order valence-electron chi connectivity index (χ0n) is 14.1. The Balaban J connectivity index is 1.91. The SMILES string of the molecule is CC(C)(C)C(CNC1CC1)CC1CCCN(S(C)(=O)=O)C1. The van der Waals surface area contributed by atoms with Crippen LogP contribution in [0.2, 0.25) is 0 Å². The number of hydrogen-bond donors (Lipinski definition) is 1. The van der Waals surface area contributed by atoms with Crippen molar-refractivity contribution < 1.29 is 8.42 Å². The molecule has 1 saturated heterocycles. The minimum absolute atomic E-state index is 0.273. The highest BCUT2D eigenvalue weighted by atomic mass is 32.2. The third kappa shape index (κ3) is 5.53. The Morgan fingerprint density at radius 2 is 1.90 bits per heavy atom. The van der Waals surface area contributed by atoms with Crippen molar-refractivity contribution in [2.45, 2.75) is 58.9 Å². The molecular formula is C16H32N2O2S. The van der Waals surface area contributed by atoms with Gasteiger partial charge in [-0.05, 0) is 55.9 Å². The summed E-state index contributed by atoms with van der Waals surface area (Å²) in [7, 11) is -3.03. The molecule has 1 heterocycles. The average Bonchev–Trinajstić information content (AvgIpc) is 3.16. The molecule has 2 rings (SSSR count). The number of piperidine rings is 1. The zero-order chi connectivity index (χ0) is 15.7. The van der Waals surface area contributed by atoms with Gasteiger partial charge < -0.3 is 5.32 Å². The Hall–Kier alpha value is -0.130. The minimum Gasteiger partial charge on any atom is -0.314 e. The van der Waals surface area contributed by atoms with E-state index in [1.54, 1.807) is 4.31 Å². The van der Waals surface area contributed by atoms with Crippen molar-refractivity contribution in [2.24, 2.45) is 17.3 Å². The van der Waals surface area contributed by atoms with Crippen LogP contribution >= 0.6 is 0 Å². The minimum atomic E-state index is -3.03. The Morgan fingerprint density at radius 1 is 1.24 bits per heavy atom. The standard InChI is InChI=1S/C16H32N2O2S/c1-16(2,3)14(11-17-15-7-8-15)10-13-6-5-9-18(12-13)21(4,19)20/h13-15,17H,5-12H2,1-4H3. The number of sulfonamides is 1. The topological polar surface area (TPSA) is 49.4 Å². The molecule has 2 fully saturated rings. The molecule has 2 aliphatic rings. The molecule has 0 aromatic carbocycles. The highest BCUT2D eigenvalue weighted by Gasteiger charge is 2.33. The van der Waals surface area contributed by atoms with Gasteiger partial charge in [-0.2, -0.15) is 0 Å². The van der Waals surface area contributed by atoms with Crippen LogP contribution in [0.1, 0.15) is 52.9 Å². The molecule has 1 N–H and O–H groups in total. The zero-order valence-corrected chi connectivity index (χ0v) is 14.9. The highest BCUT2D eigenvalue weighted by molar-refractivity contribution is 7.88. The van der Waals surface area contributed by atoms with Gasteiger partial charge in [0.05, 0.1) is 6.26 Å². The molecule has 5 heteroatoms. The van der Waals surface area contributed by atoms with Gasteiger partial charge in [-0.25, -0.2) is 12.7 Å². The van der Waals surface area contributed by atoms with E-state index in [2.05, 4.69) is 26.1 Å². The van der Waals surface area contributed by atoms with Crippen LogP contribution in [0.25, 0.3) is 0 Å². The quantitative estimate of drug-likeness (QED) is 0.819. The highest BCUT2D eigenvalue weighted by Crippen LogP contribution is 2.35. The van der Waals surface area contributed by atoms with E-state index in [1.165, 1.54) is 25.5 Å². The molecule has 2 atom stereocenters. The maximum absolute atomic E-state index is 11.8. The molecule has 0 bridgehead atoms. The Bertz CT molecular complexity index is 438. The molecule has 0 amide bonds. The molecule has 21 heavy (non-hydrogen) atoms. The summed E-state index contributed by atoms with van der Waals surface area (Å²) in [5, 5.41) is 3.66. The largest absolute Gasteiger partial charge is 0.314 e. The van der Waals surface area contributed by atoms with Gasteiger partial charge in [0.1, 0.15) is 0 Å². The third-order valence-corrected chi connectivity index (χ3v) is 6.29. The summed E-state index contributed by atoms with van der Waals surface area (Å²) in [5.41, 5.74) is 0.273. The lowest BCUT2D eigenvalue weighted by atomic mass is 9.74. The van der Waals surface area contributed by atoms with Gasteiger partial charge in [-0.3, -0.25) is 0 Å². The van der Waals surface area contributed by atoms with Crippen molar-refractivity contribution in [1.82, 2.24) is 9.62 Å². The molecule has 1 aliphatic carbocycles. The summed E-state index contributed by atoms with van der Waals surface area (Å²) >= 11 is 0. The Kier molecular flexibility index (Phi) is 5.37. The van der Waals surface area contributed by atoms with Crippen LogP contribution in [0, 0.1) is 17.3 Å². The van der Waals surface area contributed by atoms with Crippen LogP contribution in [0.5, 0.6) is 0 Å². The van der Waals surface area contributed by atoms with Crippen molar-refractivity contribution in [3.8, 4) is 0 Å².